The maximum Gasteiger partial charge on any atom is 0.293 e. The van der Waals surface area contributed by atoms with Crippen molar-refractivity contribution in [2.45, 2.75) is 20.8 Å². The van der Waals surface area contributed by atoms with E-state index < -0.39 is 10.8 Å². The Balaban J connectivity index is 1.97. The van der Waals surface area contributed by atoms with Gasteiger partial charge < -0.3 is 9.88 Å². The van der Waals surface area contributed by atoms with Gasteiger partial charge in [-0.15, -0.1) is 0 Å². The molecule has 7 nitrogen and oxygen atoms in total. The van der Waals surface area contributed by atoms with Crippen LogP contribution in [0.4, 0.5) is 11.4 Å². The number of nitro groups is 1. The lowest BCUT2D eigenvalue weighted by molar-refractivity contribution is -0.384. The molecule has 9 heteroatoms. The van der Waals surface area contributed by atoms with E-state index >= 15 is 0 Å². The number of carbonyl (C=O) groups excluding carboxylic acids is 1. The first-order valence-electron chi connectivity index (χ1n) is 9.45. The molecule has 0 bridgehead atoms. The lowest BCUT2D eigenvalue weighted by Crippen LogP contribution is -2.14. The van der Waals surface area contributed by atoms with Crippen molar-refractivity contribution in [1.82, 2.24) is 4.57 Å². The number of nitrogens with one attached hydrogen (secondary N) is 1. The first-order chi connectivity index (χ1) is 15.1. The van der Waals surface area contributed by atoms with Gasteiger partial charge in [0.25, 0.3) is 11.6 Å². The van der Waals surface area contributed by atoms with Gasteiger partial charge in [0.2, 0.25) is 0 Å². The topological polar surface area (TPSA) is 101 Å². The van der Waals surface area contributed by atoms with Crippen LogP contribution in [0.2, 0.25) is 10.0 Å². The van der Waals surface area contributed by atoms with Gasteiger partial charge in [-0.25, -0.2) is 0 Å². The van der Waals surface area contributed by atoms with Gasteiger partial charge in [-0.2, -0.15) is 5.26 Å². The first kappa shape index (κ1) is 23.1. The summed E-state index contributed by atoms with van der Waals surface area (Å²) < 4.78 is 1.92. The number of hydrogen-bond acceptors (Lipinski definition) is 4. The highest BCUT2D eigenvalue weighted by Crippen LogP contribution is 2.29. The number of carbonyl (C=O) groups is 1. The highest BCUT2D eigenvalue weighted by molar-refractivity contribution is 6.42. The Morgan fingerprint density at radius 1 is 1.12 bits per heavy atom. The number of amides is 1. The van der Waals surface area contributed by atoms with Crippen molar-refractivity contribution in [1.29, 1.82) is 5.26 Å². The number of rotatable bonds is 5. The summed E-state index contributed by atoms with van der Waals surface area (Å²) in [4.78, 5) is 23.4. The molecule has 0 spiro atoms. The van der Waals surface area contributed by atoms with E-state index in [4.69, 9.17) is 23.2 Å². The number of nitro benzene ring substituents is 1. The van der Waals surface area contributed by atoms with Crippen molar-refractivity contribution in [3.63, 3.8) is 0 Å². The number of hydrogen-bond donors (Lipinski definition) is 1. The molecule has 162 valence electrons. The van der Waals surface area contributed by atoms with Crippen molar-refractivity contribution >= 4 is 46.6 Å². The zero-order valence-corrected chi connectivity index (χ0v) is 19.0. The van der Waals surface area contributed by atoms with Crippen molar-refractivity contribution in [3.8, 4) is 11.8 Å². The zero-order valence-electron chi connectivity index (χ0n) is 17.4. The summed E-state index contributed by atoms with van der Waals surface area (Å²) in [7, 11) is 0. The maximum atomic E-state index is 12.7. The molecule has 0 aliphatic heterocycles. The molecule has 0 aliphatic rings. The van der Waals surface area contributed by atoms with Crippen LogP contribution >= 0.6 is 23.2 Å². The molecule has 2 aromatic carbocycles. The Labute approximate surface area is 194 Å². The third-order valence-corrected chi connectivity index (χ3v) is 5.63. The lowest BCUT2D eigenvalue weighted by atomic mass is 10.1. The maximum absolute atomic E-state index is 12.7. The molecule has 3 rings (SSSR count). The molecule has 1 aromatic heterocycles. The molecule has 1 amide bonds. The van der Waals surface area contributed by atoms with Crippen LogP contribution in [0, 0.1) is 42.2 Å². The van der Waals surface area contributed by atoms with Crippen LogP contribution in [0.5, 0.6) is 0 Å². The number of halogens is 2. The Bertz CT molecular complexity index is 1320. The number of benzene rings is 2. The Hall–Kier alpha value is -3.60. The van der Waals surface area contributed by atoms with E-state index in [1.807, 2.05) is 36.6 Å². The third kappa shape index (κ3) is 4.67. The number of nitrogens with zero attached hydrogens (tertiary/aromatic N) is 3. The summed E-state index contributed by atoms with van der Waals surface area (Å²) in [5.74, 6) is -0.737. The Morgan fingerprint density at radius 3 is 2.47 bits per heavy atom. The second-order valence-corrected chi connectivity index (χ2v) is 7.98. The highest BCUT2D eigenvalue weighted by Gasteiger charge is 2.19. The number of anilines is 1. The molecule has 0 fully saturated rings. The van der Waals surface area contributed by atoms with E-state index in [2.05, 4.69) is 5.32 Å². The molecular weight excluding hydrogens is 451 g/mol. The predicted octanol–water partition coefficient (Wildman–Crippen LogP) is 6.16. The molecule has 3 aromatic rings. The average Bonchev–Trinajstić information content (AvgIpc) is 3.02. The number of aryl methyl sites for hydroxylation is 2. The van der Waals surface area contributed by atoms with Gasteiger partial charge in [0.1, 0.15) is 17.3 Å². The van der Waals surface area contributed by atoms with Gasteiger partial charge >= 0.3 is 0 Å². The zero-order chi connectivity index (χ0) is 23.6. The normalized spacial score (nSPS) is 11.2. The van der Waals surface area contributed by atoms with E-state index in [0.29, 0.717) is 21.2 Å². The summed E-state index contributed by atoms with van der Waals surface area (Å²) in [5.41, 5.74) is 3.35. The second-order valence-electron chi connectivity index (χ2n) is 7.16. The van der Waals surface area contributed by atoms with Gasteiger partial charge in [-0.1, -0.05) is 29.3 Å². The monoisotopic (exact) mass is 468 g/mol. The van der Waals surface area contributed by atoms with Crippen LogP contribution in [0.1, 0.15) is 22.5 Å². The molecule has 0 atom stereocenters. The average molecular weight is 469 g/mol. The van der Waals surface area contributed by atoms with Crippen molar-refractivity contribution in [2.75, 3.05) is 5.32 Å². The summed E-state index contributed by atoms with van der Waals surface area (Å²) in [5, 5.41) is 24.2. The first-order valence-corrected chi connectivity index (χ1v) is 10.2. The van der Waals surface area contributed by atoms with Gasteiger partial charge in [0, 0.05) is 23.1 Å². The van der Waals surface area contributed by atoms with E-state index in [1.54, 1.807) is 25.1 Å². The fourth-order valence-electron chi connectivity index (χ4n) is 3.35. The predicted molar refractivity (Wildman–Crippen MR) is 125 cm³/mol. The lowest BCUT2D eigenvalue weighted by Gasteiger charge is -2.11. The summed E-state index contributed by atoms with van der Waals surface area (Å²) in [6, 6.07) is 13.4. The summed E-state index contributed by atoms with van der Waals surface area (Å²) in [6.07, 6.45) is 1.45. The molecule has 1 N–H and O–H groups in total. The molecule has 0 unspecified atom stereocenters. The van der Waals surface area contributed by atoms with E-state index in [0.717, 1.165) is 17.1 Å². The smallest absolute Gasteiger partial charge is 0.293 e. The van der Waals surface area contributed by atoms with Gasteiger partial charge in [-0.05, 0) is 68.3 Å². The minimum atomic E-state index is -0.737. The molecule has 1 heterocycles. The summed E-state index contributed by atoms with van der Waals surface area (Å²) >= 11 is 12.2. The second kappa shape index (κ2) is 9.27. The van der Waals surface area contributed by atoms with Crippen LogP contribution in [0.25, 0.3) is 11.8 Å². The van der Waals surface area contributed by atoms with E-state index in [-0.39, 0.29) is 16.9 Å². The minimum absolute atomic E-state index is 0.0213. The largest absolute Gasteiger partial charge is 0.318 e. The Morgan fingerprint density at radius 2 is 1.84 bits per heavy atom. The standard InChI is InChI=1S/C23H18Cl2N4O3/c1-13-4-7-21(22(8-13)29(31)32)27-23(30)17(12-26)10-16-9-14(2)28(15(16)3)18-5-6-19(24)20(25)11-18/h4-11H,1-3H3,(H,27,30)/b17-10+. The minimum Gasteiger partial charge on any atom is -0.318 e. The molecule has 0 radical (unpaired) electrons. The van der Waals surface area contributed by atoms with E-state index in [1.165, 1.54) is 18.2 Å². The van der Waals surface area contributed by atoms with Gasteiger partial charge in [0.05, 0.1) is 15.0 Å². The Kier molecular flexibility index (Phi) is 6.68. The van der Waals surface area contributed by atoms with Gasteiger partial charge in [-0.3, -0.25) is 14.9 Å². The third-order valence-electron chi connectivity index (χ3n) is 4.89. The van der Waals surface area contributed by atoms with Crippen LogP contribution in [-0.4, -0.2) is 15.4 Å². The molecule has 32 heavy (non-hydrogen) atoms. The van der Waals surface area contributed by atoms with Crippen LogP contribution in [0.15, 0.2) is 48.0 Å². The fourth-order valence-corrected chi connectivity index (χ4v) is 3.64. The van der Waals surface area contributed by atoms with E-state index in [9.17, 15) is 20.2 Å². The highest BCUT2D eigenvalue weighted by atomic mass is 35.5. The SMILES string of the molecule is Cc1ccc(NC(=O)/C(C#N)=C/c2cc(C)n(-c3ccc(Cl)c(Cl)c3)c2C)c([N+](=O)[O-])c1. The van der Waals surface area contributed by atoms with Crippen molar-refractivity contribution in [2.24, 2.45) is 0 Å². The van der Waals surface area contributed by atoms with Crippen LogP contribution in [-0.2, 0) is 4.79 Å². The number of aromatic nitrogens is 1. The van der Waals surface area contributed by atoms with Crippen molar-refractivity contribution < 1.29 is 9.72 Å². The fraction of sp³-hybridized carbons (Fsp3) is 0.130. The molecular formula is C23H18Cl2N4O3. The molecule has 0 aliphatic carbocycles. The molecule has 0 saturated heterocycles. The molecule has 0 saturated carbocycles. The number of nitriles is 1. The summed E-state index contributed by atoms with van der Waals surface area (Å²) in [6.45, 7) is 5.44. The van der Waals surface area contributed by atoms with Gasteiger partial charge in [0.15, 0.2) is 0 Å². The van der Waals surface area contributed by atoms with Crippen molar-refractivity contribution in [3.05, 3.63) is 90.7 Å². The van der Waals surface area contributed by atoms with Crippen LogP contribution < -0.4 is 5.32 Å². The van der Waals surface area contributed by atoms with Crippen LogP contribution in [0.3, 0.4) is 0 Å². The quantitative estimate of drug-likeness (QED) is 0.209.